The number of amides is 2. The predicted octanol–water partition coefficient (Wildman–Crippen LogP) is 2.17. The molecule has 1 N–H and O–H groups in total. The van der Waals surface area contributed by atoms with Gasteiger partial charge in [0, 0.05) is 50.3 Å². The van der Waals surface area contributed by atoms with E-state index in [0.29, 0.717) is 25.2 Å². The summed E-state index contributed by atoms with van der Waals surface area (Å²) in [5.74, 6) is -1.39. The van der Waals surface area contributed by atoms with E-state index in [-0.39, 0.29) is 44.4 Å². The van der Waals surface area contributed by atoms with E-state index >= 15 is 0 Å². The minimum absolute atomic E-state index is 0.131. The van der Waals surface area contributed by atoms with E-state index in [1.165, 1.54) is 11.1 Å². The van der Waals surface area contributed by atoms with Crippen molar-refractivity contribution < 1.29 is 27.9 Å². The molecular weight excluding hydrogens is 437 g/mol. The van der Waals surface area contributed by atoms with Gasteiger partial charge in [0.2, 0.25) is 5.91 Å². The molecule has 3 fully saturated rings. The molecule has 2 aliphatic heterocycles. The number of aromatic nitrogens is 2. The van der Waals surface area contributed by atoms with Crippen molar-refractivity contribution in [2.24, 2.45) is 16.7 Å². The lowest BCUT2D eigenvalue weighted by Gasteiger charge is -2.51. The van der Waals surface area contributed by atoms with Crippen LogP contribution in [0.15, 0.2) is 42.7 Å². The number of likely N-dealkylation sites (tertiary alicyclic amines) is 2. The second-order valence-electron chi connectivity index (χ2n) is 9.58. The summed E-state index contributed by atoms with van der Waals surface area (Å²) in [5, 5.41) is 14.2. The van der Waals surface area contributed by atoms with Gasteiger partial charge in [-0.2, -0.15) is 18.3 Å². The van der Waals surface area contributed by atoms with E-state index in [2.05, 4.69) is 5.10 Å². The fraction of sp³-hybridized carbons (Fsp3) is 0.522. The van der Waals surface area contributed by atoms with E-state index < -0.39 is 22.9 Å². The lowest BCUT2D eigenvalue weighted by Crippen LogP contribution is -2.64. The molecule has 2 saturated heterocycles. The number of alkyl halides is 3. The highest BCUT2D eigenvalue weighted by Crippen LogP contribution is 2.60. The summed E-state index contributed by atoms with van der Waals surface area (Å²) in [6.45, 7) is 1.19. The molecule has 3 heterocycles. The van der Waals surface area contributed by atoms with Gasteiger partial charge in [-0.05, 0) is 18.4 Å². The first-order chi connectivity index (χ1) is 15.7. The second kappa shape index (κ2) is 7.58. The van der Waals surface area contributed by atoms with E-state index in [1.807, 2.05) is 30.3 Å². The van der Waals surface area contributed by atoms with E-state index in [0.717, 1.165) is 5.56 Å². The normalized spacial score (nSPS) is 23.0. The number of nitrogens with zero attached hydrogens (tertiary/aromatic N) is 4. The number of aliphatic hydroxyl groups excluding tert-OH is 1. The minimum Gasteiger partial charge on any atom is -0.396 e. The van der Waals surface area contributed by atoms with Crippen molar-refractivity contribution in [2.45, 2.75) is 25.6 Å². The maximum Gasteiger partial charge on any atom is 0.403 e. The van der Waals surface area contributed by atoms with Crippen molar-refractivity contribution >= 4 is 11.8 Å². The molecule has 1 aliphatic carbocycles. The SMILES string of the molecule is O=C(c1cnn(Cc2ccccc2)c1)N1CC(CO)C2(C1)CN(C(=O)C1(C(F)(F)F)CC1)C2. The largest absolute Gasteiger partial charge is 0.403 e. The summed E-state index contributed by atoms with van der Waals surface area (Å²) < 4.78 is 41.7. The molecule has 2 aromatic rings. The third-order valence-electron chi connectivity index (χ3n) is 7.39. The summed E-state index contributed by atoms with van der Waals surface area (Å²) in [4.78, 5) is 28.5. The quantitative estimate of drug-likeness (QED) is 0.739. The molecule has 7 nitrogen and oxygen atoms in total. The van der Waals surface area contributed by atoms with Crippen LogP contribution >= 0.6 is 0 Å². The standard InChI is InChI=1S/C23H25F3N4O3/c24-23(25,26)22(6-7-22)20(33)29-14-21(15-29)13-28(11-18(21)12-31)19(32)17-8-27-30(10-17)9-16-4-2-1-3-5-16/h1-5,8,10,18,31H,6-7,9,11-15H2. The molecule has 1 aromatic carbocycles. The molecule has 176 valence electrons. The van der Waals surface area contributed by atoms with Gasteiger partial charge in [0.25, 0.3) is 5.91 Å². The number of carbonyl (C=O) groups excluding carboxylic acids is 2. The third kappa shape index (κ3) is 3.60. The molecular formula is C23H25F3N4O3. The van der Waals surface area contributed by atoms with Gasteiger partial charge in [-0.25, -0.2) is 0 Å². The van der Waals surface area contributed by atoms with Crippen LogP contribution in [0.25, 0.3) is 0 Å². The number of rotatable bonds is 5. The van der Waals surface area contributed by atoms with Crippen molar-refractivity contribution in [1.29, 1.82) is 0 Å². The Labute approximate surface area is 188 Å². The van der Waals surface area contributed by atoms with Crippen molar-refractivity contribution in [3.63, 3.8) is 0 Å². The van der Waals surface area contributed by atoms with E-state index in [1.54, 1.807) is 15.8 Å². The molecule has 0 bridgehead atoms. The van der Waals surface area contributed by atoms with Gasteiger partial charge in [-0.1, -0.05) is 30.3 Å². The fourth-order valence-corrected chi connectivity index (χ4v) is 5.22. The Bertz CT molecular complexity index is 1060. The molecule has 2 amide bonds. The predicted molar refractivity (Wildman–Crippen MR) is 111 cm³/mol. The average Bonchev–Trinajstić information content (AvgIpc) is 3.32. The first kappa shape index (κ1) is 21.9. The number of hydrogen-bond donors (Lipinski definition) is 1. The number of hydrogen-bond acceptors (Lipinski definition) is 4. The Hall–Kier alpha value is -2.88. The zero-order chi connectivity index (χ0) is 23.4. The maximum absolute atomic E-state index is 13.3. The molecule has 1 atom stereocenters. The van der Waals surface area contributed by atoms with Crippen LogP contribution < -0.4 is 0 Å². The highest BCUT2D eigenvalue weighted by molar-refractivity contribution is 5.94. The van der Waals surface area contributed by atoms with E-state index in [9.17, 15) is 27.9 Å². The topological polar surface area (TPSA) is 78.7 Å². The van der Waals surface area contributed by atoms with Gasteiger partial charge < -0.3 is 14.9 Å². The fourth-order valence-electron chi connectivity index (χ4n) is 5.22. The Morgan fingerprint density at radius 3 is 2.36 bits per heavy atom. The van der Waals surface area contributed by atoms with Crippen LogP contribution in [-0.2, 0) is 11.3 Å². The van der Waals surface area contributed by atoms with Crippen LogP contribution in [0.2, 0.25) is 0 Å². The van der Waals surface area contributed by atoms with Crippen molar-refractivity contribution in [3.05, 3.63) is 53.9 Å². The summed E-state index contributed by atoms with van der Waals surface area (Å²) >= 11 is 0. The lowest BCUT2D eigenvalue weighted by atomic mass is 9.71. The van der Waals surface area contributed by atoms with Crippen LogP contribution in [0, 0.1) is 16.7 Å². The van der Waals surface area contributed by atoms with E-state index in [4.69, 9.17) is 0 Å². The maximum atomic E-state index is 13.3. The molecule has 1 unspecified atom stereocenters. The molecule has 0 radical (unpaired) electrons. The first-order valence-electron chi connectivity index (χ1n) is 11.0. The average molecular weight is 462 g/mol. The monoisotopic (exact) mass is 462 g/mol. The number of benzene rings is 1. The molecule has 1 aromatic heterocycles. The molecule has 5 rings (SSSR count). The van der Waals surface area contributed by atoms with Gasteiger partial charge in [-0.3, -0.25) is 14.3 Å². The zero-order valence-corrected chi connectivity index (χ0v) is 18.0. The first-order valence-corrected chi connectivity index (χ1v) is 11.0. The van der Waals surface area contributed by atoms with Crippen LogP contribution in [0.4, 0.5) is 13.2 Å². The minimum atomic E-state index is -4.54. The number of carbonyl (C=O) groups is 2. The number of aliphatic hydroxyl groups is 1. The molecule has 1 spiro atoms. The van der Waals surface area contributed by atoms with Crippen molar-refractivity contribution in [1.82, 2.24) is 19.6 Å². The van der Waals surface area contributed by atoms with Crippen LogP contribution in [0.5, 0.6) is 0 Å². The summed E-state index contributed by atoms with van der Waals surface area (Å²) in [6.07, 6.45) is -1.70. The van der Waals surface area contributed by atoms with Crippen LogP contribution in [0.1, 0.15) is 28.8 Å². The zero-order valence-electron chi connectivity index (χ0n) is 18.0. The molecule has 10 heteroatoms. The molecule has 1 saturated carbocycles. The Balaban J connectivity index is 1.24. The summed E-state index contributed by atoms with van der Waals surface area (Å²) in [5.41, 5.74) is -1.33. The Kier molecular flexibility index (Phi) is 5.04. The van der Waals surface area contributed by atoms with Crippen LogP contribution in [-0.4, -0.2) is 75.5 Å². The summed E-state index contributed by atoms with van der Waals surface area (Å²) in [6, 6.07) is 9.71. The van der Waals surface area contributed by atoms with Gasteiger partial charge >= 0.3 is 6.18 Å². The lowest BCUT2D eigenvalue weighted by molar-refractivity contribution is -0.205. The highest BCUT2D eigenvalue weighted by Gasteiger charge is 2.71. The Morgan fingerprint density at radius 1 is 1.09 bits per heavy atom. The van der Waals surface area contributed by atoms with Gasteiger partial charge in [0.05, 0.1) is 18.3 Å². The molecule has 33 heavy (non-hydrogen) atoms. The van der Waals surface area contributed by atoms with Gasteiger partial charge in [0.1, 0.15) is 5.41 Å². The van der Waals surface area contributed by atoms with Crippen molar-refractivity contribution in [3.8, 4) is 0 Å². The second-order valence-corrected chi connectivity index (χ2v) is 9.58. The molecule has 3 aliphatic rings. The smallest absolute Gasteiger partial charge is 0.396 e. The van der Waals surface area contributed by atoms with Gasteiger partial charge in [-0.15, -0.1) is 0 Å². The highest BCUT2D eigenvalue weighted by atomic mass is 19.4. The van der Waals surface area contributed by atoms with Crippen molar-refractivity contribution in [2.75, 3.05) is 32.8 Å². The van der Waals surface area contributed by atoms with Gasteiger partial charge in [0.15, 0.2) is 0 Å². The third-order valence-corrected chi connectivity index (χ3v) is 7.39. The van der Waals surface area contributed by atoms with Crippen LogP contribution in [0.3, 0.4) is 0 Å². The number of halogens is 3. The summed E-state index contributed by atoms with van der Waals surface area (Å²) in [7, 11) is 0. The Morgan fingerprint density at radius 2 is 1.76 bits per heavy atom.